The van der Waals surface area contributed by atoms with Gasteiger partial charge in [-0.1, -0.05) is 23.2 Å². The Hall–Kier alpha value is -2.24. The molecule has 0 radical (unpaired) electrons. The summed E-state index contributed by atoms with van der Waals surface area (Å²) in [7, 11) is 1.36. The van der Waals surface area contributed by atoms with Crippen LogP contribution in [0.15, 0.2) is 42.5 Å². The van der Waals surface area contributed by atoms with Gasteiger partial charge in [0.2, 0.25) is 0 Å². The van der Waals surface area contributed by atoms with Crippen LogP contribution >= 0.6 is 23.2 Å². The number of ether oxygens (including phenoxy) is 1. The number of halogens is 2. The highest BCUT2D eigenvalue weighted by molar-refractivity contribution is 6.42. The smallest absolute Gasteiger partial charge is 0.337 e. The minimum atomic E-state index is -0.353. The van der Waals surface area contributed by atoms with Crippen LogP contribution in [0.25, 0.3) is 0 Å². The Morgan fingerprint density at radius 2 is 1.50 bits per heavy atom. The van der Waals surface area contributed by atoms with Crippen LogP contribution in [-0.2, 0) is 4.74 Å². The predicted octanol–water partition coefficient (Wildman–Crippen LogP) is 3.74. The van der Waals surface area contributed by atoms with E-state index in [-0.39, 0.29) is 11.9 Å². The molecule has 136 valence electrons. The summed E-state index contributed by atoms with van der Waals surface area (Å²) in [6, 6.07) is 12.2. The van der Waals surface area contributed by atoms with Crippen LogP contribution in [-0.4, -0.2) is 50.1 Å². The number of hydrogen-bond acceptors (Lipinski definition) is 4. The first-order valence-electron chi connectivity index (χ1n) is 8.17. The number of piperazine rings is 1. The molecule has 1 amide bonds. The quantitative estimate of drug-likeness (QED) is 0.746. The number of rotatable bonds is 3. The van der Waals surface area contributed by atoms with Crippen molar-refractivity contribution in [2.75, 3.05) is 38.2 Å². The molecule has 1 aliphatic rings. The van der Waals surface area contributed by atoms with Gasteiger partial charge in [-0.05, 0) is 42.5 Å². The van der Waals surface area contributed by atoms with E-state index in [9.17, 15) is 9.59 Å². The van der Waals surface area contributed by atoms with Crippen molar-refractivity contribution in [2.45, 2.75) is 0 Å². The largest absolute Gasteiger partial charge is 0.465 e. The van der Waals surface area contributed by atoms with E-state index in [2.05, 4.69) is 4.90 Å². The summed E-state index contributed by atoms with van der Waals surface area (Å²) in [4.78, 5) is 28.1. The average molecular weight is 393 g/mol. The number of carbonyl (C=O) groups is 2. The number of anilines is 1. The molecule has 1 saturated heterocycles. The summed E-state index contributed by atoms with van der Waals surface area (Å²) < 4.78 is 4.71. The molecule has 0 aromatic heterocycles. The van der Waals surface area contributed by atoms with Crippen molar-refractivity contribution in [1.82, 2.24) is 4.90 Å². The van der Waals surface area contributed by atoms with Gasteiger partial charge in [-0.25, -0.2) is 4.79 Å². The fraction of sp³-hybridized carbons (Fsp3) is 0.263. The Balaban J connectivity index is 1.62. The van der Waals surface area contributed by atoms with Gasteiger partial charge in [0, 0.05) is 37.4 Å². The first-order valence-corrected chi connectivity index (χ1v) is 8.93. The minimum Gasteiger partial charge on any atom is -0.465 e. The zero-order valence-corrected chi connectivity index (χ0v) is 15.8. The summed E-state index contributed by atoms with van der Waals surface area (Å²) in [6.45, 7) is 2.64. The molecular weight excluding hydrogens is 375 g/mol. The van der Waals surface area contributed by atoms with Crippen LogP contribution in [0.3, 0.4) is 0 Å². The molecule has 0 N–H and O–H groups in total. The van der Waals surface area contributed by atoms with E-state index in [0.29, 0.717) is 47.4 Å². The number of methoxy groups -OCH3 is 1. The first kappa shape index (κ1) is 18.5. The van der Waals surface area contributed by atoms with E-state index < -0.39 is 0 Å². The number of amides is 1. The molecule has 0 saturated carbocycles. The van der Waals surface area contributed by atoms with E-state index in [1.807, 2.05) is 12.1 Å². The Morgan fingerprint density at radius 3 is 2.08 bits per heavy atom. The van der Waals surface area contributed by atoms with Gasteiger partial charge in [0.15, 0.2) is 0 Å². The maximum absolute atomic E-state index is 12.6. The third kappa shape index (κ3) is 3.94. The Bertz CT molecular complexity index is 816. The second-order valence-electron chi connectivity index (χ2n) is 5.95. The van der Waals surface area contributed by atoms with E-state index >= 15 is 0 Å². The maximum Gasteiger partial charge on any atom is 0.337 e. The molecular formula is C19H18Cl2N2O3. The first-order chi connectivity index (χ1) is 12.5. The van der Waals surface area contributed by atoms with Crippen LogP contribution in [0.5, 0.6) is 0 Å². The summed E-state index contributed by atoms with van der Waals surface area (Å²) in [5.41, 5.74) is 2.07. The number of esters is 1. The number of hydrogen-bond donors (Lipinski definition) is 0. The van der Waals surface area contributed by atoms with Gasteiger partial charge in [-0.15, -0.1) is 0 Å². The van der Waals surface area contributed by atoms with Gasteiger partial charge in [0.25, 0.3) is 5.91 Å². The molecule has 0 aliphatic carbocycles. The van der Waals surface area contributed by atoms with Crippen molar-refractivity contribution in [3.05, 3.63) is 63.6 Å². The number of benzene rings is 2. The number of nitrogens with zero attached hydrogens (tertiary/aromatic N) is 2. The van der Waals surface area contributed by atoms with Crippen molar-refractivity contribution in [3.63, 3.8) is 0 Å². The standard InChI is InChI=1S/C19H18Cl2N2O3/c1-26-19(25)13-2-5-15(6-3-13)22-8-10-23(11-9-22)18(24)14-4-7-16(20)17(21)12-14/h2-7,12H,8-11H2,1H3. The van der Waals surface area contributed by atoms with Crippen molar-refractivity contribution >= 4 is 40.8 Å². The van der Waals surface area contributed by atoms with Gasteiger partial charge in [-0.3, -0.25) is 4.79 Å². The van der Waals surface area contributed by atoms with E-state index in [0.717, 1.165) is 5.69 Å². The number of carbonyl (C=O) groups excluding carboxylic acids is 2. The highest BCUT2D eigenvalue weighted by Gasteiger charge is 2.23. The fourth-order valence-corrected chi connectivity index (χ4v) is 3.20. The second kappa shape index (κ2) is 7.98. The van der Waals surface area contributed by atoms with E-state index in [4.69, 9.17) is 27.9 Å². The highest BCUT2D eigenvalue weighted by atomic mass is 35.5. The van der Waals surface area contributed by atoms with Crippen LogP contribution in [0.2, 0.25) is 10.0 Å². The topological polar surface area (TPSA) is 49.9 Å². The monoisotopic (exact) mass is 392 g/mol. The molecule has 1 aliphatic heterocycles. The summed E-state index contributed by atoms with van der Waals surface area (Å²) in [6.07, 6.45) is 0. The summed E-state index contributed by atoms with van der Waals surface area (Å²) >= 11 is 11.9. The van der Waals surface area contributed by atoms with Crippen LogP contribution < -0.4 is 4.90 Å². The Kier molecular flexibility index (Phi) is 5.69. The van der Waals surface area contributed by atoms with Crippen LogP contribution in [0.1, 0.15) is 20.7 Å². The zero-order valence-electron chi connectivity index (χ0n) is 14.2. The maximum atomic E-state index is 12.6. The lowest BCUT2D eigenvalue weighted by Crippen LogP contribution is -2.48. The van der Waals surface area contributed by atoms with Gasteiger partial charge in [0.1, 0.15) is 0 Å². The second-order valence-corrected chi connectivity index (χ2v) is 6.76. The van der Waals surface area contributed by atoms with Gasteiger partial charge >= 0.3 is 5.97 Å². The molecule has 0 spiro atoms. The van der Waals surface area contributed by atoms with Crippen molar-refractivity contribution in [3.8, 4) is 0 Å². The molecule has 1 heterocycles. The van der Waals surface area contributed by atoms with Crippen molar-refractivity contribution in [1.29, 1.82) is 0 Å². The predicted molar refractivity (Wildman–Crippen MR) is 102 cm³/mol. The lowest BCUT2D eigenvalue weighted by Gasteiger charge is -2.36. The molecule has 0 atom stereocenters. The van der Waals surface area contributed by atoms with Gasteiger partial charge in [-0.2, -0.15) is 0 Å². The molecule has 5 nitrogen and oxygen atoms in total. The molecule has 26 heavy (non-hydrogen) atoms. The lowest BCUT2D eigenvalue weighted by atomic mass is 10.1. The van der Waals surface area contributed by atoms with Crippen molar-refractivity contribution in [2.24, 2.45) is 0 Å². The van der Waals surface area contributed by atoms with Crippen LogP contribution in [0.4, 0.5) is 5.69 Å². The molecule has 2 aromatic carbocycles. The summed E-state index contributed by atoms with van der Waals surface area (Å²) in [5, 5.41) is 0.810. The Labute approximate surface area is 162 Å². The van der Waals surface area contributed by atoms with Gasteiger partial charge in [0.05, 0.1) is 22.7 Å². The fourth-order valence-electron chi connectivity index (χ4n) is 2.91. The SMILES string of the molecule is COC(=O)c1ccc(N2CCN(C(=O)c3ccc(Cl)c(Cl)c3)CC2)cc1. The van der Waals surface area contributed by atoms with E-state index in [1.54, 1.807) is 35.2 Å². The molecule has 0 bridgehead atoms. The molecule has 3 rings (SSSR count). The normalized spacial score (nSPS) is 14.3. The van der Waals surface area contributed by atoms with Gasteiger partial charge < -0.3 is 14.5 Å². The zero-order chi connectivity index (χ0) is 18.7. The molecule has 0 unspecified atom stereocenters. The third-order valence-electron chi connectivity index (χ3n) is 4.39. The average Bonchev–Trinajstić information content (AvgIpc) is 2.69. The molecule has 2 aromatic rings. The lowest BCUT2D eigenvalue weighted by molar-refractivity contribution is 0.0600. The Morgan fingerprint density at radius 1 is 0.885 bits per heavy atom. The van der Waals surface area contributed by atoms with Crippen molar-refractivity contribution < 1.29 is 14.3 Å². The molecule has 1 fully saturated rings. The van der Waals surface area contributed by atoms with E-state index in [1.165, 1.54) is 7.11 Å². The third-order valence-corrected chi connectivity index (χ3v) is 5.13. The summed E-state index contributed by atoms with van der Waals surface area (Å²) in [5.74, 6) is -0.405. The molecule has 7 heteroatoms. The minimum absolute atomic E-state index is 0.0516. The highest BCUT2D eigenvalue weighted by Crippen LogP contribution is 2.24. The van der Waals surface area contributed by atoms with Crippen LogP contribution in [0, 0.1) is 0 Å².